The summed E-state index contributed by atoms with van der Waals surface area (Å²) in [6.07, 6.45) is 2.69. The summed E-state index contributed by atoms with van der Waals surface area (Å²) < 4.78 is 1.53. The molecule has 1 aliphatic heterocycles. The Kier molecular flexibility index (Phi) is 6.78. The van der Waals surface area contributed by atoms with Crippen molar-refractivity contribution in [2.45, 2.75) is 12.5 Å². The third-order valence-corrected chi connectivity index (χ3v) is 3.97. The van der Waals surface area contributed by atoms with Crippen LogP contribution in [0, 0.1) is 11.3 Å². The van der Waals surface area contributed by atoms with Gasteiger partial charge in [0.05, 0.1) is 17.5 Å². The van der Waals surface area contributed by atoms with Gasteiger partial charge in [-0.15, -0.1) is 24.8 Å². The van der Waals surface area contributed by atoms with Gasteiger partial charge in [0.1, 0.15) is 17.6 Å². The Bertz CT molecular complexity index is 739. The molecule has 1 fully saturated rings. The lowest BCUT2D eigenvalue weighted by molar-refractivity contribution is 0.616. The molecule has 2 aromatic rings. The summed E-state index contributed by atoms with van der Waals surface area (Å²) >= 11 is 0. The van der Waals surface area contributed by atoms with Crippen LogP contribution < -0.4 is 16.0 Å². The van der Waals surface area contributed by atoms with E-state index in [1.165, 1.54) is 4.68 Å². The molecule has 0 amide bonds. The van der Waals surface area contributed by atoms with E-state index in [1.54, 1.807) is 13.2 Å². The van der Waals surface area contributed by atoms with E-state index in [2.05, 4.69) is 31.4 Å². The average Bonchev–Trinajstić information content (AvgIpc) is 3.12. The van der Waals surface area contributed by atoms with Crippen LogP contribution in [-0.4, -0.2) is 45.9 Å². The largest absolute Gasteiger partial charge is 0.368 e. The molecule has 130 valence electrons. The Labute approximate surface area is 152 Å². The van der Waals surface area contributed by atoms with Gasteiger partial charge < -0.3 is 16.0 Å². The predicted molar refractivity (Wildman–Crippen MR) is 97.5 cm³/mol. The second-order valence-electron chi connectivity index (χ2n) is 5.33. The van der Waals surface area contributed by atoms with E-state index >= 15 is 0 Å². The number of nitrogens with zero attached hydrogens (tertiary/aromatic N) is 6. The Hall–Kier alpha value is -2.08. The zero-order valence-electron chi connectivity index (χ0n) is 13.4. The highest BCUT2D eigenvalue weighted by molar-refractivity contribution is 5.85. The van der Waals surface area contributed by atoms with Gasteiger partial charge in [0.25, 0.3) is 0 Å². The maximum Gasteiger partial charge on any atom is 0.222 e. The van der Waals surface area contributed by atoms with Crippen molar-refractivity contribution >= 4 is 36.6 Å². The molecule has 1 atom stereocenters. The van der Waals surface area contributed by atoms with Gasteiger partial charge in [0.2, 0.25) is 5.95 Å². The van der Waals surface area contributed by atoms with E-state index in [9.17, 15) is 5.26 Å². The summed E-state index contributed by atoms with van der Waals surface area (Å²) in [5.74, 6) is 0.987. The molecule has 0 unspecified atom stereocenters. The number of rotatable bonds is 3. The van der Waals surface area contributed by atoms with Crippen LogP contribution >= 0.6 is 24.8 Å². The molecule has 10 heteroatoms. The number of halogens is 2. The van der Waals surface area contributed by atoms with Gasteiger partial charge in [-0.3, -0.25) is 4.68 Å². The van der Waals surface area contributed by atoms with Crippen molar-refractivity contribution in [3.63, 3.8) is 0 Å². The SMILES string of the molecule is CN[C@@H]1CCN(c2cc(-c3cnn(C)c3C#N)nc(N)n2)C1.Cl.Cl. The van der Waals surface area contributed by atoms with Crippen molar-refractivity contribution in [3.8, 4) is 17.3 Å². The maximum absolute atomic E-state index is 9.26. The second kappa shape index (κ2) is 8.15. The molecule has 0 saturated carbocycles. The lowest BCUT2D eigenvalue weighted by Crippen LogP contribution is -2.30. The molecule has 0 bridgehead atoms. The van der Waals surface area contributed by atoms with Crippen molar-refractivity contribution in [2.24, 2.45) is 7.05 Å². The van der Waals surface area contributed by atoms with Gasteiger partial charge >= 0.3 is 0 Å². The third-order valence-electron chi connectivity index (χ3n) is 3.97. The quantitative estimate of drug-likeness (QED) is 0.828. The molecule has 0 radical (unpaired) electrons. The van der Waals surface area contributed by atoms with Crippen molar-refractivity contribution in [1.82, 2.24) is 25.1 Å². The molecular weight excluding hydrogens is 351 g/mol. The van der Waals surface area contributed by atoms with E-state index in [0.29, 0.717) is 23.0 Å². The molecular formula is C14H20Cl2N8. The van der Waals surface area contributed by atoms with E-state index < -0.39 is 0 Å². The number of nitrogen functional groups attached to an aromatic ring is 1. The van der Waals surface area contributed by atoms with Crippen molar-refractivity contribution in [1.29, 1.82) is 5.26 Å². The van der Waals surface area contributed by atoms with Crippen LogP contribution in [0.25, 0.3) is 11.3 Å². The first-order chi connectivity index (χ1) is 10.6. The molecule has 8 nitrogen and oxygen atoms in total. The van der Waals surface area contributed by atoms with Crippen molar-refractivity contribution < 1.29 is 0 Å². The summed E-state index contributed by atoms with van der Waals surface area (Å²) in [6.45, 7) is 1.80. The summed E-state index contributed by atoms with van der Waals surface area (Å²) in [5.41, 5.74) is 7.61. The van der Waals surface area contributed by atoms with E-state index in [4.69, 9.17) is 5.73 Å². The first kappa shape index (κ1) is 20.0. The molecule has 2 aromatic heterocycles. The third kappa shape index (κ3) is 3.70. The summed E-state index contributed by atoms with van der Waals surface area (Å²) in [5, 5.41) is 16.7. The normalized spacial score (nSPS) is 16.2. The Balaban J connectivity index is 0.00000144. The molecule has 3 rings (SSSR count). The lowest BCUT2D eigenvalue weighted by Gasteiger charge is -2.18. The smallest absolute Gasteiger partial charge is 0.222 e. The van der Waals surface area contributed by atoms with Crippen LogP contribution in [-0.2, 0) is 7.05 Å². The van der Waals surface area contributed by atoms with Crippen LogP contribution in [0.2, 0.25) is 0 Å². The van der Waals surface area contributed by atoms with Gasteiger partial charge in [-0.2, -0.15) is 15.3 Å². The Morgan fingerprint density at radius 1 is 1.38 bits per heavy atom. The fourth-order valence-electron chi connectivity index (χ4n) is 2.71. The Morgan fingerprint density at radius 2 is 2.12 bits per heavy atom. The number of aromatic nitrogens is 4. The molecule has 0 aromatic carbocycles. The molecule has 24 heavy (non-hydrogen) atoms. The van der Waals surface area contributed by atoms with Crippen LogP contribution in [0.5, 0.6) is 0 Å². The number of nitrogens with two attached hydrogens (primary N) is 1. The number of likely N-dealkylation sites (N-methyl/N-ethyl adjacent to an activating group) is 1. The van der Waals surface area contributed by atoms with Crippen molar-refractivity contribution in [2.75, 3.05) is 30.8 Å². The Morgan fingerprint density at radius 3 is 2.75 bits per heavy atom. The topological polar surface area (TPSA) is 109 Å². The number of aryl methyl sites for hydroxylation is 1. The van der Waals surface area contributed by atoms with E-state index in [1.807, 2.05) is 13.1 Å². The summed E-state index contributed by atoms with van der Waals surface area (Å²) in [6, 6.07) is 4.46. The lowest BCUT2D eigenvalue weighted by atomic mass is 10.2. The van der Waals surface area contributed by atoms with Crippen LogP contribution in [0.15, 0.2) is 12.3 Å². The average molecular weight is 371 g/mol. The van der Waals surface area contributed by atoms with Crippen molar-refractivity contribution in [3.05, 3.63) is 18.0 Å². The fraction of sp³-hybridized carbons (Fsp3) is 0.429. The molecule has 1 aliphatic rings. The molecule has 0 aliphatic carbocycles. The molecule has 3 heterocycles. The first-order valence-corrected chi connectivity index (χ1v) is 7.11. The van der Waals surface area contributed by atoms with Gasteiger partial charge in [-0.05, 0) is 13.5 Å². The highest BCUT2D eigenvalue weighted by Gasteiger charge is 2.23. The number of anilines is 2. The van der Waals surface area contributed by atoms with E-state index in [-0.39, 0.29) is 30.8 Å². The zero-order valence-corrected chi connectivity index (χ0v) is 15.1. The minimum atomic E-state index is 0. The number of nitriles is 1. The van der Waals surface area contributed by atoms with Crippen LogP contribution in [0.4, 0.5) is 11.8 Å². The van der Waals surface area contributed by atoms with Crippen LogP contribution in [0.1, 0.15) is 12.1 Å². The first-order valence-electron chi connectivity index (χ1n) is 7.11. The fourth-order valence-corrected chi connectivity index (χ4v) is 2.71. The summed E-state index contributed by atoms with van der Waals surface area (Å²) in [4.78, 5) is 10.8. The number of hydrogen-bond acceptors (Lipinski definition) is 7. The summed E-state index contributed by atoms with van der Waals surface area (Å²) in [7, 11) is 3.69. The molecule has 1 saturated heterocycles. The number of nitrogens with one attached hydrogen (secondary N) is 1. The zero-order chi connectivity index (χ0) is 15.7. The minimum Gasteiger partial charge on any atom is -0.368 e. The van der Waals surface area contributed by atoms with Gasteiger partial charge in [0, 0.05) is 32.2 Å². The predicted octanol–water partition coefficient (Wildman–Crippen LogP) is 0.973. The van der Waals surface area contributed by atoms with Gasteiger partial charge in [-0.1, -0.05) is 0 Å². The highest BCUT2D eigenvalue weighted by atomic mass is 35.5. The standard InChI is InChI=1S/C14H18N8.2ClH/c1-17-9-3-4-22(8-9)13-5-11(19-14(16)20-13)10-7-18-21(2)12(10)6-15;;/h5,7,9,17H,3-4,8H2,1-2H3,(H2,16,19,20);2*1H/t9-;;/m1../s1. The second-order valence-corrected chi connectivity index (χ2v) is 5.33. The van der Waals surface area contributed by atoms with Crippen LogP contribution in [0.3, 0.4) is 0 Å². The van der Waals surface area contributed by atoms with E-state index in [0.717, 1.165) is 25.3 Å². The highest BCUT2D eigenvalue weighted by Crippen LogP contribution is 2.26. The molecule has 3 N–H and O–H groups in total. The maximum atomic E-state index is 9.26. The number of hydrogen-bond donors (Lipinski definition) is 2. The van der Waals surface area contributed by atoms with Gasteiger partial charge in [-0.25, -0.2) is 4.98 Å². The monoisotopic (exact) mass is 370 g/mol. The van der Waals surface area contributed by atoms with Gasteiger partial charge in [0.15, 0.2) is 0 Å². The minimum absolute atomic E-state index is 0. The molecule has 0 spiro atoms.